The van der Waals surface area contributed by atoms with E-state index in [0.29, 0.717) is 6.54 Å². The van der Waals surface area contributed by atoms with Gasteiger partial charge in [-0.15, -0.1) is 0 Å². The van der Waals surface area contributed by atoms with Crippen molar-refractivity contribution in [3.8, 4) is 11.1 Å². The van der Waals surface area contributed by atoms with Crippen LogP contribution in [0.2, 0.25) is 0 Å². The molecule has 0 radical (unpaired) electrons. The first kappa shape index (κ1) is 16.1. The van der Waals surface area contributed by atoms with E-state index in [2.05, 4.69) is 26.7 Å². The maximum Gasteiger partial charge on any atom is 0.315 e. The van der Waals surface area contributed by atoms with Gasteiger partial charge in [-0.25, -0.2) is 9.78 Å². The highest BCUT2D eigenvalue weighted by Crippen LogP contribution is 2.29. The molecular weight excluding hydrogens is 300 g/mol. The maximum absolute atomic E-state index is 12.0. The third-order valence-electron chi connectivity index (χ3n) is 3.70. The Morgan fingerprint density at radius 3 is 2.71 bits per heavy atom. The summed E-state index contributed by atoms with van der Waals surface area (Å²) in [5.41, 5.74) is 3.87. The second-order valence-corrected chi connectivity index (χ2v) is 6.81. The highest BCUT2D eigenvalue weighted by Gasteiger charge is 2.14. The molecule has 3 rings (SSSR count). The van der Waals surface area contributed by atoms with Gasteiger partial charge in [-0.3, -0.25) is 0 Å². The number of carbonyl (C=O) groups excluding carboxylic acids is 1. The van der Waals surface area contributed by atoms with Gasteiger partial charge >= 0.3 is 6.03 Å². The highest BCUT2D eigenvalue weighted by atomic mass is 16.2. The normalized spacial score (nSPS) is 11.5. The van der Waals surface area contributed by atoms with Crippen LogP contribution in [0.15, 0.2) is 48.8 Å². The van der Waals surface area contributed by atoms with E-state index in [1.807, 2.05) is 57.3 Å². The number of amides is 2. The van der Waals surface area contributed by atoms with Crippen molar-refractivity contribution in [2.45, 2.75) is 32.9 Å². The minimum absolute atomic E-state index is 0.168. The predicted octanol–water partition coefficient (Wildman–Crippen LogP) is 3.83. The minimum atomic E-state index is -0.258. The zero-order valence-electron chi connectivity index (χ0n) is 14.2. The van der Waals surface area contributed by atoms with Gasteiger partial charge in [-0.05, 0) is 49.6 Å². The molecule has 5 nitrogen and oxygen atoms in total. The van der Waals surface area contributed by atoms with Crippen LogP contribution >= 0.6 is 0 Å². The van der Waals surface area contributed by atoms with Crippen molar-refractivity contribution >= 4 is 17.1 Å². The minimum Gasteiger partial charge on any atom is -0.346 e. The van der Waals surface area contributed by atoms with Crippen LogP contribution in [0.3, 0.4) is 0 Å². The first-order valence-electron chi connectivity index (χ1n) is 8.00. The van der Waals surface area contributed by atoms with E-state index in [9.17, 15) is 4.79 Å². The van der Waals surface area contributed by atoms with Crippen LogP contribution in [-0.4, -0.2) is 21.5 Å². The number of H-pyrrole nitrogens is 1. The molecule has 2 amide bonds. The molecule has 2 aromatic heterocycles. The van der Waals surface area contributed by atoms with E-state index in [1.165, 1.54) is 0 Å². The van der Waals surface area contributed by atoms with Gasteiger partial charge in [-0.2, -0.15) is 0 Å². The largest absolute Gasteiger partial charge is 0.346 e. The Bertz CT molecular complexity index is 861. The van der Waals surface area contributed by atoms with Crippen molar-refractivity contribution in [2.75, 3.05) is 0 Å². The van der Waals surface area contributed by atoms with Crippen molar-refractivity contribution in [3.63, 3.8) is 0 Å². The van der Waals surface area contributed by atoms with Crippen molar-refractivity contribution < 1.29 is 4.79 Å². The van der Waals surface area contributed by atoms with Gasteiger partial charge < -0.3 is 15.6 Å². The number of nitrogens with one attached hydrogen (secondary N) is 3. The summed E-state index contributed by atoms with van der Waals surface area (Å²) in [5.74, 6) is 0. The number of pyridine rings is 1. The molecule has 3 aromatic rings. The number of hydrogen-bond acceptors (Lipinski definition) is 2. The van der Waals surface area contributed by atoms with Gasteiger partial charge in [0.15, 0.2) is 0 Å². The third-order valence-corrected chi connectivity index (χ3v) is 3.70. The molecule has 0 aliphatic heterocycles. The zero-order valence-corrected chi connectivity index (χ0v) is 14.2. The van der Waals surface area contributed by atoms with Crippen molar-refractivity contribution in [1.29, 1.82) is 0 Å². The SMILES string of the molecule is CC(C)(C)NC(=O)NCc1ccccc1-c1ccnc2[nH]ccc12. The zero-order chi connectivity index (χ0) is 17.2. The molecule has 0 aliphatic rings. The van der Waals surface area contributed by atoms with Gasteiger partial charge in [0, 0.05) is 29.9 Å². The molecule has 0 aliphatic carbocycles. The van der Waals surface area contributed by atoms with E-state index >= 15 is 0 Å². The van der Waals surface area contributed by atoms with E-state index < -0.39 is 0 Å². The molecule has 0 fully saturated rings. The first-order chi connectivity index (χ1) is 11.4. The monoisotopic (exact) mass is 322 g/mol. The number of fused-ring (bicyclic) bond motifs is 1. The summed E-state index contributed by atoms with van der Waals surface area (Å²) in [7, 11) is 0. The molecule has 0 unspecified atom stereocenters. The fourth-order valence-corrected chi connectivity index (χ4v) is 2.69. The van der Waals surface area contributed by atoms with E-state index in [1.54, 1.807) is 6.20 Å². The Hall–Kier alpha value is -2.82. The van der Waals surface area contributed by atoms with Crippen LogP contribution in [-0.2, 0) is 6.54 Å². The van der Waals surface area contributed by atoms with Crippen LogP contribution in [0.4, 0.5) is 4.79 Å². The number of carbonyl (C=O) groups is 1. The second-order valence-electron chi connectivity index (χ2n) is 6.81. The fraction of sp³-hybridized carbons (Fsp3) is 0.263. The summed E-state index contributed by atoms with van der Waals surface area (Å²) in [5, 5.41) is 6.92. The molecule has 124 valence electrons. The number of urea groups is 1. The number of aromatic nitrogens is 2. The Labute approximate surface area is 141 Å². The quantitative estimate of drug-likeness (QED) is 0.686. The average Bonchev–Trinajstić information content (AvgIpc) is 3.00. The van der Waals surface area contributed by atoms with Crippen molar-refractivity contribution in [3.05, 3.63) is 54.4 Å². The lowest BCUT2D eigenvalue weighted by atomic mass is 9.98. The Balaban J connectivity index is 1.86. The summed E-state index contributed by atoms with van der Waals surface area (Å²) in [6.45, 7) is 6.34. The molecule has 0 bridgehead atoms. The summed E-state index contributed by atoms with van der Waals surface area (Å²) >= 11 is 0. The van der Waals surface area contributed by atoms with E-state index in [4.69, 9.17) is 0 Å². The Morgan fingerprint density at radius 1 is 1.12 bits per heavy atom. The molecule has 0 spiro atoms. The van der Waals surface area contributed by atoms with Gasteiger partial charge in [-0.1, -0.05) is 24.3 Å². The molecular formula is C19H22N4O. The van der Waals surface area contributed by atoms with Crippen LogP contribution < -0.4 is 10.6 Å². The summed E-state index contributed by atoms with van der Waals surface area (Å²) in [6, 6.07) is 12.0. The summed E-state index contributed by atoms with van der Waals surface area (Å²) in [6.07, 6.45) is 3.68. The molecule has 0 saturated heterocycles. The average molecular weight is 322 g/mol. The molecule has 0 atom stereocenters. The van der Waals surface area contributed by atoms with Crippen LogP contribution in [0.5, 0.6) is 0 Å². The van der Waals surface area contributed by atoms with E-state index in [-0.39, 0.29) is 11.6 Å². The molecule has 3 N–H and O–H groups in total. The first-order valence-corrected chi connectivity index (χ1v) is 8.00. The van der Waals surface area contributed by atoms with Crippen LogP contribution in [0.1, 0.15) is 26.3 Å². The lowest BCUT2D eigenvalue weighted by Gasteiger charge is -2.21. The number of hydrogen-bond donors (Lipinski definition) is 3. The van der Waals surface area contributed by atoms with Crippen LogP contribution in [0, 0.1) is 0 Å². The molecule has 0 saturated carbocycles. The molecule has 2 heterocycles. The van der Waals surface area contributed by atoms with E-state index in [0.717, 1.165) is 27.7 Å². The number of rotatable bonds is 3. The fourth-order valence-electron chi connectivity index (χ4n) is 2.69. The maximum atomic E-state index is 12.0. The third kappa shape index (κ3) is 3.56. The Kier molecular flexibility index (Phi) is 4.25. The molecule has 5 heteroatoms. The van der Waals surface area contributed by atoms with Gasteiger partial charge in [0.05, 0.1) is 0 Å². The van der Waals surface area contributed by atoms with Gasteiger partial charge in [0.2, 0.25) is 0 Å². The predicted molar refractivity (Wildman–Crippen MR) is 96.7 cm³/mol. The summed E-state index contributed by atoms with van der Waals surface area (Å²) < 4.78 is 0. The summed E-state index contributed by atoms with van der Waals surface area (Å²) in [4.78, 5) is 19.5. The smallest absolute Gasteiger partial charge is 0.315 e. The number of benzene rings is 1. The topological polar surface area (TPSA) is 69.8 Å². The Morgan fingerprint density at radius 2 is 1.92 bits per heavy atom. The number of nitrogens with zero attached hydrogens (tertiary/aromatic N) is 1. The lowest BCUT2D eigenvalue weighted by Crippen LogP contribution is -2.46. The molecule has 1 aromatic carbocycles. The second kappa shape index (κ2) is 6.35. The lowest BCUT2D eigenvalue weighted by molar-refractivity contribution is 0.231. The molecule has 24 heavy (non-hydrogen) atoms. The standard InChI is InChI=1S/C19H22N4O/c1-19(2,3)23-18(24)22-12-13-6-4-5-7-14(13)15-8-10-20-17-16(15)9-11-21-17/h4-11H,12H2,1-3H3,(H,20,21)(H2,22,23,24). The van der Waals surface area contributed by atoms with Gasteiger partial charge in [0.25, 0.3) is 0 Å². The van der Waals surface area contributed by atoms with Crippen molar-refractivity contribution in [2.24, 2.45) is 0 Å². The number of aromatic amines is 1. The highest BCUT2D eigenvalue weighted by molar-refractivity contribution is 5.93. The van der Waals surface area contributed by atoms with Crippen molar-refractivity contribution in [1.82, 2.24) is 20.6 Å². The van der Waals surface area contributed by atoms with Gasteiger partial charge in [0.1, 0.15) is 5.65 Å². The van der Waals surface area contributed by atoms with Crippen LogP contribution in [0.25, 0.3) is 22.2 Å².